The minimum Gasteiger partial charge on any atom is -0.490 e. The van der Waals surface area contributed by atoms with Crippen LogP contribution < -0.4 is 15.1 Å². The number of nitrogens with one attached hydrogen (secondary N) is 1. The molecule has 11 heteroatoms. The van der Waals surface area contributed by atoms with E-state index in [-0.39, 0.29) is 11.7 Å². The number of aromatic nitrogens is 4. The number of alkyl halides is 1. The van der Waals surface area contributed by atoms with Crippen molar-refractivity contribution in [1.29, 1.82) is 0 Å². The maximum atomic E-state index is 14.6. The predicted octanol–water partition coefficient (Wildman–Crippen LogP) is 4.67. The van der Waals surface area contributed by atoms with Gasteiger partial charge in [0.1, 0.15) is 18.0 Å². The number of hydrogen-bond donors (Lipinski definition) is 1. The molecule has 0 unspecified atom stereocenters. The smallest absolute Gasteiger partial charge is 0.244 e. The largest absolute Gasteiger partial charge is 0.490 e. The quantitative estimate of drug-likeness (QED) is 0.296. The Morgan fingerprint density at radius 3 is 2.85 bits per heavy atom. The van der Waals surface area contributed by atoms with Crippen LogP contribution in [0.25, 0.3) is 10.9 Å². The van der Waals surface area contributed by atoms with Crippen molar-refractivity contribution >= 4 is 45.6 Å². The maximum Gasteiger partial charge on any atom is 0.244 e. The Bertz CT molecular complexity index is 1300. The Balaban J connectivity index is 1.61. The van der Waals surface area contributed by atoms with Crippen LogP contribution in [0.5, 0.6) is 5.75 Å². The number of carbonyl (C=O) groups is 1. The highest BCUT2D eigenvalue weighted by Gasteiger charge is 2.17. The molecule has 0 spiro atoms. The summed E-state index contributed by atoms with van der Waals surface area (Å²) in [5.41, 5.74) is 1.26. The average molecular weight is 473 g/mol. The first-order valence-electron chi connectivity index (χ1n) is 9.97. The number of nitrogens with zero attached hydrogens (tertiary/aromatic N) is 5. The highest BCUT2D eigenvalue weighted by molar-refractivity contribution is 6.17. The molecule has 1 N–H and O–H groups in total. The molecule has 33 heavy (non-hydrogen) atoms. The number of hydrogen-bond acceptors (Lipinski definition) is 6. The van der Waals surface area contributed by atoms with Crippen LogP contribution in [0.15, 0.2) is 55.1 Å². The van der Waals surface area contributed by atoms with Crippen LogP contribution in [0, 0.1) is 11.6 Å². The van der Waals surface area contributed by atoms with E-state index in [0.717, 1.165) is 0 Å². The zero-order valence-corrected chi connectivity index (χ0v) is 18.3. The number of benzene rings is 2. The fourth-order valence-electron chi connectivity index (χ4n) is 3.18. The number of ether oxygens (including phenoxy) is 1. The van der Waals surface area contributed by atoms with Crippen LogP contribution in [0.1, 0.15) is 13.3 Å². The van der Waals surface area contributed by atoms with Crippen molar-refractivity contribution in [2.45, 2.75) is 13.3 Å². The molecule has 0 aliphatic heterocycles. The molecule has 0 saturated heterocycles. The van der Waals surface area contributed by atoms with Crippen molar-refractivity contribution in [2.24, 2.45) is 0 Å². The van der Waals surface area contributed by atoms with Gasteiger partial charge in [-0.3, -0.25) is 4.79 Å². The number of halogens is 3. The molecule has 0 fully saturated rings. The molecule has 1 amide bonds. The maximum absolute atomic E-state index is 14.6. The molecule has 2 aromatic carbocycles. The van der Waals surface area contributed by atoms with Gasteiger partial charge >= 0.3 is 0 Å². The Morgan fingerprint density at radius 2 is 2.09 bits per heavy atom. The molecule has 0 atom stereocenters. The second kappa shape index (κ2) is 9.78. The molecule has 0 aliphatic carbocycles. The number of fused-ring (bicyclic) bond motifs is 1. The first-order chi connectivity index (χ1) is 16.0. The van der Waals surface area contributed by atoms with Gasteiger partial charge in [0, 0.05) is 24.3 Å². The van der Waals surface area contributed by atoms with Crippen LogP contribution in [-0.2, 0) is 4.79 Å². The van der Waals surface area contributed by atoms with Crippen molar-refractivity contribution in [1.82, 2.24) is 19.9 Å². The van der Waals surface area contributed by atoms with E-state index in [1.54, 1.807) is 6.07 Å². The normalized spacial score (nSPS) is 10.9. The number of carbonyl (C=O) groups excluding carboxylic acids is 1. The molecular weight excluding hydrogens is 454 g/mol. The Morgan fingerprint density at radius 1 is 1.24 bits per heavy atom. The summed E-state index contributed by atoms with van der Waals surface area (Å²) in [7, 11) is 0. The molecule has 170 valence electrons. The monoisotopic (exact) mass is 472 g/mol. The molecule has 0 saturated carbocycles. The van der Waals surface area contributed by atoms with Gasteiger partial charge in [0.05, 0.1) is 35.9 Å². The molecule has 4 rings (SSSR count). The third-order valence-corrected chi connectivity index (χ3v) is 4.88. The van der Waals surface area contributed by atoms with Crippen LogP contribution in [0.2, 0.25) is 0 Å². The van der Waals surface area contributed by atoms with E-state index < -0.39 is 11.6 Å². The molecule has 4 aromatic rings. The van der Waals surface area contributed by atoms with Crippen molar-refractivity contribution < 1.29 is 18.3 Å². The molecule has 8 nitrogen and oxygen atoms in total. The Labute approximate surface area is 192 Å². The number of amides is 1. The van der Waals surface area contributed by atoms with Crippen LogP contribution in [0.4, 0.5) is 26.0 Å². The zero-order chi connectivity index (χ0) is 23.4. The number of anilines is 3. The molecule has 0 aliphatic rings. The van der Waals surface area contributed by atoms with E-state index in [2.05, 4.69) is 20.4 Å². The van der Waals surface area contributed by atoms with Gasteiger partial charge in [0.15, 0.2) is 11.6 Å². The van der Waals surface area contributed by atoms with Crippen molar-refractivity contribution in [3.8, 4) is 5.75 Å². The second-order valence-corrected chi connectivity index (χ2v) is 7.38. The second-order valence-electron chi connectivity index (χ2n) is 7.00. The summed E-state index contributed by atoms with van der Waals surface area (Å²) in [6, 6.07) is 8.38. The van der Waals surface area contributed by atoms with Gasteiger partial charge in [-0.15, -0.1) is 11.6 Å². The van der Waals surface area contributed by atoms with Crippen LogP contribution in [-0.4, -0.2) is 38.3 Å². The summed E-state index contributed by atoms with van der Waals surface area (Å²) in [5, 5.41) is 8.87. The predicted molar refractivity (Wildman–Crippen MR) is 121 cm³/mol. The van der Waals surface area contributed by atoms with Gasteiger partial charge in [-0.05, 0) is 30.7 Å². The van der Waals surface area contributed by atoms with E-state index >= 15 is 0 Å². The lowest BCUT2D eigenvalue weighted by Gasteiger charge is -2.20. The van der Waals surface area contributed by atoms with E-state index in [0.29, 0.717) is 47.0 Å². The van der Waals surface area contributed by atoms with Gasteiger partial charge in [-0.25, -0.2) is 23.8 Å². The summed E-state index contributed by atoms with van der Waals surface area (Å²) in [4.78, 5) is 21.9. The van der Waals surface area contributed by atoms with Gasteiger partial charge in [0.25, 0.3) is 0 Å². The van der Waals surface area contributed by atoms with Gasteiger partial charge in [0.2, 0.25) is 5.91 Å². The minimum atomic E-state index is -0.556. The topological polar surface area (TPSA) is 85.2 Å². The average Bonchev–Trinajstić information content (AvgIpc) is 3.22. The SMILES string of the molecule is CC(=O)N(c1cccc(F)c1)n1cc(Nc2ncnc3cc(OCCCCl)c(F)cc23)cn1. The van der Waals surface area contributed by atoms with Crippen molar-refractivity contribution in [2.75, 3.05) is 22.8 Å². The first kappa shape index (κ1) is 22.4. The molecule has 2 heterocycles. The van der Waals surface area contributed by atoms with E-state index in [4.69, 9.17) is 16.3 Å². The van der Waals surface area contributed by atoms with E-state index in [1.807, 2.05) is 0 Å². The van der Waals surface area contributed by atoms with E-state index in [1.165, 1.54) is 65.8 Å². The van der Waals surface area contributed by atoms with Crippen LogP contribution in [0.3, 0.4) is 0 Å². The summed E-state index contributed by atoms with van der Waals surface area (Å²) >= 11 is 5.63. The molecule has 0 radical (unpaired) electrons. The zero-order valence-electron chi connectivity index (χ0n) is 17.5. The van der Waals surface area contributed by atoms with Crippen LogP contribution >= 0.6 is 11.6 Å². The fourth-order valence-corrected chi connectivity index (χ4v) is 3.29. The summed E-state index contributed by atoms with van der Waals surface area (Å²) < 4.78 is 33.6. The van der Waals surface area contributed by atoms with Crippen molar-refractivity contribution in [3.63, 3.8) is 0 Å². The highest BCUT2D eigenvalue weighted by atomic mass is 35.5. The standard InChI is InChI=1S/C22H19ClF2N6O2/c1-14(32)31(17-5-2-4-15(24)8-17)30-12-16(11-28-30)29-22-18-9-19(25)21(33-7-3-6-23)10-20(18)26-13-27-22/h2,4-5,8-13H,3,6-7H2,1H3,(H,26,27,29). The lowest BCUT2D eigenvalue weighted by Crippen LogP contribution is -2.34. The Hall–Kier alpha value is -3.79. The van der Waals surface area contributed by atoms with Gasteiger partial charge in [-0.1, -0.05) is 6.07 Å². The minimum absolute atomic E-state index is 0.0808. The fraction of sp³-hybridized carbons (Fsp3) is 0.182. The van der Waals surface area contributed by atoms with Crippen molar-refractivity contribution in [3.05, 3.63) is 66.8 Å². The third-order valence-electron chi connectivity index (χ3n) is 4.61. The Kier molecular flexibility index (Phi) is 6.64. The lowest BCUT2D eigenvalue weighted by atomic mass is 10.2. The summed E-state index contributed by atoms with van der Waals surface area (Å²) in [6.07, 6.45) is 4.92. The first-order valence-corrected chi connectivity index (χ1v) is 10.5. The highest BCUT2D eigenvalue weighted by Crippen LogP contribution is 2.29. The van der Waals surface area contributed by atoms with Gasteiger partial charge < -0.3 is 10.1 Å². The third kappa shape index (κ3) is 5.01. The molecule has 2 aromatic heterocycles. The van der Waals surface area contributed by atoms with E-state index in [9.17, 15) is 13.6 Å². The van der Waals surface area contributed by atoms with Gasteiger partial charge in [-0.2, -0.15) is 9.89 Å². The summed E-state index contributed by atoms with van der Waals surface area (Å²) in [5.74, 6) is -0.571. The lowest BCUT2D eigenvalue weighted by molar-refractivity contribution is -0.117. The summed E-state index contributed by atoms with van der Waals surface area (Å²) in [6.45, 7) is 1.63. The molecular formula is C22H19ClF2N6O2. The molecule has 0 bridgehead atoms. The number of rotatable bonds is 8.